The average molecular weight is 629 g/mol. The molecule has 1 fully saturated rings. The number of aromatic nitrogens is 6. The molecule has 1 aliphatic rings. The Kier molecular flexibility index (Phi) is 7.70. The first-order valence-electron chi connectivity index (χ1n) is 12.1. The third-order valence-corrected chi connectivity index (χ3v) is 6.65. The van der Waals surface area contributed by atoms with Crippen LogP contribution in [0.5, 0.6) is 0 Å². The number of amides is 1. The zero-order chi connectivity index (χ0) is 27.7. The highest BCUT2D eigenvalue weighted by Crippen LogP contribution is 2.27. The number of ether oxygens (including phenoxy) is 1. The van der Waals surface area contributed by atoms with Gasteiger partial charge in [0, 0.05) is 47.3 Å². The summed E-state index contributed by atoms with van der Waals surface area (Å²) >= 11 is 15.0. The van der Waals surface area contributed by atoms with Gasteiger partial charge in [-0.15, -0.1) is 0 Å². The Morgan fingerprint density at radius 1 is 0.897 bits per heavy atom. The first-order valence-corrected chi connectivity index (χ1v) is 13.6. The molecule has 5 aromatic rings. The lowest BCUT2D eigenvalue weighted by Gasteiger charge is -2.39. The van der Waals surface area contributed by atoms with Crippen molar-refractivity contribution in [1.82, 2.24) is 34.6 Å². The fraction of sp³-hybridized carbons (Fsp3) is 0.259. The summed E-state index contributed by atoms with van der Waals surface area (Å²) in [7, 11) is 0. The topological polar surface area (TPSA) is 98.9 Å². The number of fused-ring (bicyclic) bond motifs is 2. The van der Waals surface area contributed by atoms with Crippen molar-refractivity contribution in [2.24, 2.45) is 0 Å². The second-order valence-electron chi connectivity index (χ2n) is 9.97. The van der Waals surface area contributed by atoms with E-state index in [9.17, 15) is 4.79 Å². The SMILES string of the molecule is CC(C)(C)OC(=O)N1CC(n2cc(-c3cnc4ccc(Cl)nc4c3)cn2)C1.Clc1ccc2ncc(Br)cc2n1. The van der Waals surface area contributed by atoms with Gasteiger partial charge in [0.25, 0.3) is 0 Å². The molecule has 9 nitrogen and oxygen atoms in total. The molecule has 39 heavy (non-hydrogen) atoms. The van der Waals surface area contributed by atoms with E-state index < -0.39 is 5.60 Å². The minimum absolute atomic E-state index is 0.146. The summed E-state index contributed by atoms with van der Waals surface area (Å²) in [5.74, 6) is 0. The standard InChI is InChI=1S/C19H20ClN5O2.C8H4BrClN2/c1-19(2,3)27-18(26)24-10-14(11-24)25-9-13(8-22-25)12-6-16-15(21-7-12)4-5-17(20)23-16;9-5-3-7-6(11-4-5)1-2-8(10)12-7/h4-9,14H,10-11H2,1-3H3;1-4H. The molecule has 5 aromatic heterocycles. The van der Waals surface area contributed by atoms with Crippen LogP contribution in [0.15, 0.2) is 65.7 Å². The van der Waals surface area contributed by atoms with Crippen LogP contribution in [0.4, 0.5) is 4.79 Å². The maximum atomic E-state index is 12.0. The molecule has 0 atom stereocenters. The molecule has 12 heteroatoms. The van der Waals surface area contributed by atoms with E-state index in [1.807, 2.05) is 55.9 Å². The number of likely N-dealkylation sites (tertiary alicyclic amines) is 1. The summed E-state index contributed by atoms with van der Waals surface area (Å²) in [5, 5.41) is 5.37. The number of hydrogen-bond acceptors (Lipinski definition) is 7. The molecule has 1 aliphatic heterocycles. The zero-order valence-electron chi connectivity index (χ0n) is 21.3. The largest absolute Gasteiger partial charge is 0.444 e. The van der Waals surface area contributed by atoms with Crippen molar-refractivity contribution < 1.29 is 9.53 Å². The number of nitrogens with zero attached hydrogens (tertiary/aromatic N) is 7. The quantitative estimate of drug-likeness (QED) is 0.194. The molecule has 0 saturated carbocycles. The average Bonchev–Trinajstić information content (AvgIpc) is 3.31. The summed E-state index contributed by atoms with van der Waals surface area (Å²) in [4.78, 5) is 30.7. The molecule has 0 aromatic carbocycles. The fourth-order valence-electron chi connectivity index (χ4n) is 3.88. The Labute approximate surface area is 243 Å². The number of rotatable bonds is 2. The molecular weight excluding hydrogens is 605 g/mol. The highest BCUT2D eigenvalue weighted by molar-refractivity contribution is 9.10. The Hall–Kier alpha value is -3.34. The third-order valence-electron chi connectivity index (χ3n) is 5.80. The van der Waals surface area contributed by atoms with Gasteiger partial charge in [0.1, 0.15) is 15.9 Å². The van der Waals surface area contributed by atoms with Gasteiger partial charge in [-0.1, -0.05) is 23.2 Å². The highest BCUT2D eigenvalue weighted by Gasteiger charge is 2.35. The Morgan fingerprint density at radius 3 is 2.15 bits per heavy atom. The summed E-state index contributed by atoms with van der Waals surface area (Å²) in [6.07, 6.45) is 7.01. The lowest BCUT2D eigenvalue weighted by Crippen LogP contribution is -2.52. The molecule has 0 bridgehead atoms. The first-order chi connectivity index (χ1) is 18.5. The van der Waals surface area contributed by atoms with Crippen molar-refractivity contribution in [2.75, 3.05) is 13.1 Å². The van der Waals surface area contributed by atoms with E-state index in [2.05, 4.69) is 41.0 Å². The van der Waals surface area contributed by atoms with E-state index in [0.717, 1.165) is 37.7 Å². The maximum absolute atomic E-state index is 12.0. The molecule has 200 valence electrons. The lowest BCUT2D eigenvalue weighted by molar-refractivity contribution is -0.000383. The van der Waals surface area contributed by atoms with Crippen LogP contribution in [0.25, 0.3) is 33.2 Å². The Bertz CT molecular complexity index is 1630. The number of hydrogen-bond donors (Lipinski definition) is 0. The predicted molar refractivity (Wildman–Crippen MR) is 155 cm³/mol. The van der Waals surface area contributed by atoms with Gasteiger partial charge in [-0.05, 0) is 73.1 Å². The maximum Gasteiger partial charge on any atom is 0.410 e. The van der Waals surface area contributed by atoms with Crippen LogP contribution < -0.4 is 0 Å². The van der Waals surface area contributed by atoms with Crippen molar-refractivity contribution in [1.29, 1.82) is 0 Å². The molecular formula is C27H24BrCl2N7O2. The minimum Gasteiger partial charge on any atom is -0.444 e. The van der Waals surface area contributed by atoms with Gasteiger partial charge in [0.15, 0.2) is 0 Å². The smallest absolute Gasteiger partial charge is 0.410 e. The van der Waals surface area contributed by atoms with Crippen LogP contribution in [-0.4, -0.2) is 59.4 Å². The van der Waals surface area contributed by atoms with E-state index in [-0.39, 0.29) is 12.1 Å². The van der Waals surface area contributed by atoms with Gasteiger partial charge in [-0.2, -0.15) is 5.10 Å². The van der Waals surface area contributed by atoms with Gasteiger partial charge in [0.05, 0.1) is 34.3 Å². The number of pyridine rings is 4. The molecule has 0 aliphatic carbocycles. The van der Waals surface area contributed by atoms with Gasteiger partial charge in [0.2, 0.25) is 0 Å². The summed E-state index contributed by atoms with van der Waals surface area (Å²) in [5.41, 5.74) is 4.57. The molecule has 6 rings (SSSR count). The Morgan fingerprint density at radius 2 is 1.51 bits per heavy atom. The summed E-state index contributed by atoms with van der Waals surface area (Å²) in [6.45, 7) is 6.76. The fourth-order valence-corrected chi connectivity index (χ4v) is 4.51. The van der Waals surface area contributed by atoms with Gasteiger partial charge >= 0.3 is 6.09 Å². The first kappa shape index (κ1) is 27.2. The number of carbonyl (C=O) groups is 1. The predicted octanol–water partition coefficient (Wildman–Crippen LogP) is 6.98. The van der Waals surface area contributed by atoms with Crippen molar-refractivity contribution in [3.05, 3.63) is 76.0 Å². The second-order valence-corrected chi connectivity index (χ2v) is 11.7. The lowest BCUT2D eigenvalue weighted by atomic mass is 10.1. The van der Waals surface area contributed by atoms with E-state index >= 15 is 0 Å². The number of halogens is 3. The van der Waals surface area contributed by atoms with Gasteiger partial charge < -0.3 is 9.64 Å². The molecule has 0 unspecified atom stereocenters. The van der Waals surface area contributed by atoms with E-state index in [0.29, 0.717) is 23.4 Å². The monoisotopic (exact) mass is 627 g/mol. The zero-order valence-corrected chi connectivity index (χ0v) is 24.4. The van der Waals surface area contributed by atoms with Crippen molar-refractivity contribution in [3.8, 4) is 11.1 Å². The summed E-state index contributed by atoms with van der Waals surface area (Å²) < 4.78 is 8.17. The van der Waals surface area contributed by atoms with Gasteiger partial charge in [-0.3, -0.25) is 14.6 Å². The molecule has 0 radical (unpaired) electrons. The van der Waals surface area contributed by atoms with Crippen LogP contribution >= 0.6 is 39.1 Å². The Balaban J connectivity index is 0.000000214. The van der Waals surface area contributed by atoms with E-state index in [1.54, 1.807) is 35.6 Å². The van der Waals surface area contributed by atoms with Crippen LogP contribution in [0, 0.1) is 0 Å². The normalized spacial score (nSPS) is 13.6. The highest BCUT2D eigenvalue weighted by atomic mass is 79.9. The van der Waals surface area contributed by atoms with Crippen LogP contribution in [0.3, 0.4) is 0 Å². The summed E-state index contributed by atoms with van der Waals surface area (Å²) in [6, 6.07) is 11.1. The molecule has 6 heterocycles. The van der Waals surface area contributed by atoms with Crippen LogP contribution in [0.2, 0.25) is 10.3 Å². The second kappa shape index (κ2) is 11.0. The minimum atomic E-state index is -0.485. The molecule has 0 spiro atoms. The third kappa shape index (κ3) is 6.63. The van der Waals surface area contributed by atoms with Crippen LogP contribution in [-0.2, 0) is 4.74 Å². The number of carbonyl (C=O) groups excluding carboxylic acids is 1. The molecule has 1 saturated heterocycles. The molecule has 0 N–H and O–H groups in total. The van der Waals surface area contributed by atoms with Gasteiger partial charge in [-0.25, -0.2) is 14.8 Å². The molecule has 1 amide bonds. The van der Waals surface area contributed by atoms with Crippen molar-refractivity contribution >= 4 is 67.3 Å². The van der Waals surface area contributed by atoms with Crippen LogP contribution in [0.1, 0.15) is 26.8 Å². The van der Waals surface area contributed by atoms with E-state index in [1.165, 1.54) is 0 Å². The van der Waals surface area contributed by atoms with Crippen molar-refractivity contribution in [2.45, 2.75) is 32.4 Å². The van der Waals surface area contributed by atoms with E-state index in [4.69, 9.17) is 27.9 Å². The van der Waals surface area contributed by atoms with Crippen molar-refractivity contribution in [3.63, 3.8) is 0 Å².